The zero-order chi connectivity index (χ0) is 11.7. The summed E-state index contributed by atoms with van der Waals surface area (Å²) in [5.74, 6) is -0.288. The van der Waals surface area contributed by atoms with Crippen LogP contribution in [-0.2, 0) is 4.79 Å². The second-order valence-electron chi connectivity index (χ2n) is 4.08. The van der Waals surface area contributed by atoms with Gasteiger partial charge in [0.25, 0.3) is 0 Å². The molecule has 1 aromatic carbocycles. The highest BCUT2D eigenvalue weighted by Crippen LogP contribution is 2.30. The number of para-hydroxylation sites is 1. The average molecular weight is 240 g/mol. The van der Waals surface area contributed by atoms with Crippen LogP contribution in [0.1, 0.15) is 5.56 Å². The van der Waals surface area contributed by atoms with Gasteiger partial charge in [0.2, 0.25) is 5.91 Å². The van der Waals surface area contributed by atoms with E-state index in [1.54, 1.807) is 4.90 Å². The Hall–Kier alpha value is -1.06. The first-order chi connectivity index (χ1) is 7.65. The standard InChI is InChI=1S/C12H14ClNO2/c1-8-4-2-3-5-10(8)14-6-9(7-15)11(13)12(14)16/h2-5,9,11,15H,6-7H2,1H3/t9-,11-/m1/s1. The fourth-order valence-corrected chi connectivity index (χ4v) is 2.28. The minimum Gasteiger partial charge on any atom is -0.396 e. The first-order valence-electron chi connectivity index (χ1n) is 5.27. The quantitative estimate of drug-likeness (QED) is 0.796. The van der Waals surface area contributed by atoms with Gasteiger partial charge < -0.3 is 10.0 Å². The summed E-state index contributed by atoms with van der Waals surface area (Å²) in [6.45, 7) is 2.40. The van der Waals surface area contributed by atoms with E-state index >= 15 is 0 Å². The molecule has 1 amide bonds. The van der Waals surface area contributed by atoms with Gasteiger partial charge in [0.05, 0.1) is 0 Å². The number of aryl methyl sites for hydroxylation is 1. The van der Waals surface area contributed by atoms with Crippen LogP contribution >= 0.6 is 11.6 Å². The molecule has 0 unspecified atom stereocenters. The normalized spacial score (nSPS) is 25.2. The van der Waals surface area contributed by atoms with Crippen molar-refractivity contribution in [3.05, 3.63) is 29.8 Å². The predicted octanol–water partition coefficient (Wildman–Crippen LogP) is 1.56. The molecular weight excluding hydrogens is 226 g/mol. The SMILES string of the molecule is Cc1ccccc1N1C[C@H](CO)[C@@H](Cl)C1=O. The van der Waals surface area contributed by atoms with Crippen molar-refractivity contribution in [2.75, 3.05) is 18.1 Å². The summed E-state index contributed by atoms with van der Waals surface area (Å²) in [6.07, 6.45) is 0. The van der Waals surface area contributed by atoms with Crippen molar-refractivity contribution in [2.24, 2.45) is 5.92 Å². The number of alkyl halides is 1. The molecule has 1 aromatic rings. The van der Waals surface area contributed by atoms with E-state index in [0.29, 0.717) is 6.54 Å². The molecule has 0 aliphatic carbocycles. The van der Waals surface area contributed by atoms with Gasteiger partial charge in [-0.2, -0.15) is 0 Å². The average Bonchev–Trinajstić information content (AvgIpc) is 2.57. The van der Waals surface area contributed by atoms with Gasteiger partial charge in [-0.15, -0.1) is 11.6 Å². The molecule has 2 rings (SSSR count). The van der Waals surface area contributed by atoms with Crippen LogP contribution in [0, 0.1) is 12.8 Å². The highest BCUT2D eigenvalue weighted by molar-refractivity contribution is 6.34. The minimum atomic E-state index is -0.607. The van der Waals surface area contributed by atoms with Gasteiger partial charge in [0.15, 0.2) is 0 Å². The lowest BCUT2D eigenvalue weighted by Gasteiger charge is -2.18. The van der Waals surface area contributed by atoms with Crippen molar-refractivity contribution in [3.63, 3.8) is 0 Å². The van der Waals surface area contributed by atoms with Crippen molar-refractivity contribution in [1.82, 2.24) is 0 Å². The zero-order valence-corrected chi connectivity index (χ0v) is 9.81. The van der Waals surface area contributed by atoms with Crippen molar-refractivity contribution in [1.29, 1.82) is 0 Å². The summed E-state index contributed by atoms with van der Waals surface area (Å²) in [6, 6.07) is 7.68. The van der Waals surface area contributed by atoms with E-state index < -0.39 is 5.38 Å². The van der Waals surface area contributed by atoms with Crippen LogP contribution in [0.15, 0.2) is 24.3 Å². The lowest BCUT2D eigenvalue weighted by atomic mass is 10.1. The summed E-state index contributed by atoms with van der Waals surface area (Å²) in [4.78, 5) is 13.6. The number of anilines is 1. The molecule has 16 heavy (non-hydrogen) atoms. The number of aliphatic hydroxyl groups excluding tert-OH is 1. The molecule has 86 valence electrons. The molecule has 1 aliphatic heterocycles. The maximum atomic E-state index is 11.9. The van der Waals surface area contributed by atoms with E-state index in [0.717, 1.165) is 11.3 Å². The Bertz CT molecular complexity index is 408. The maximum Gasteiger partial charge on any atom is 0.245 e. The van der Waals surface area contributed by atoms with Crippen molar-refractivity contribution < 1.29 is 9.90 Å². The second-order valence-corrected chi connectivity index (χ2v) is 4.55. The molecule has 1 N–H and O–H groups in total. The topological polar surface area (TPSA) is 40.5 Å². The Morgan fingerprint density at radius 3 is 2.75 bits per heavy atom. The lowest BCUT2D eigenvalue weighted by Crippen LogP contribution is -2.27. The van der Waals surface area contributed by atoms with Gasteiger partial charge in [0.1, 0.15) is 5.38 Å². The molecule has 0 radical (unpaired) electrons. The summed E-state index contributed by atoms with van der Waals surface area (Å²) in [7, 11) is 0. The highest BCUT2D eigenvalue weighted by atomic mass is 35.5. The van der Waals surface area contributed by atoms with Crippen molar-refractivity contribution in [2.45, 2.75) is 12.3 Å². The van der Waals surface area contributed by atoms with Gasteiger partial charge in [-0.1, -0.05) is 18.2 Å². The molecule has 0 aromatic heterocycles. The molecule has 0 bridgehead atoms. The van der Waals surface area contributed by atoms with Gasteiger partial charge in [0, 0.05) is 24.8 Å². The second kappa shape index (κ2) is 4.44. The van der Waals surface area contributed by atoms with E-state index in [-0.39, 0.29) is 18.4 Å². The third-order valence-electron chi connectivity index (χ3n) is 2.97. The number of nitrogens with zero attached hydrogens (tertiary/aromatic N) is 1. The largest absolute Gasteiger partial charge is 0.396 e. The van der Waals surface area contributed by atoms with Crippen LogP contribution in [0.2, 0.25) is 0 Å². The van der Waals surface area contributed by atoms with Gasteiger partial charge in [-0.25, -0.2) is 0 Å². The third kappa shape index (κ3) is 1.81. The Labute approximate surface area is 99.6 Å². The number of amides is 1. The van der Waals surface area contributed by atoms with Gasteiger partial charge >= 0.3 is 0 Å². The predicted molar refractivity (Wildman–Crippen MR) is 63.7 cm³/mol. The first-order valence-corrected chi connectivity index (χ1v) is 5.70. The smallest absolute Gasteiger partial charge is 0.245 e. The molecule has 1 fully saturated rings. The number of hydrogen-bond acceptors (Lipinski definition) is 2. The Morgan fingerprint density at radius 1 is 1.50 bits per heavy atom. The molecule has 1 saturated heterocycles. The van der Waals surface area contributed by atoms with Crippen LogP contribution in [-0.4, -0.2) is 29.5 Å². The number of hydrogen-bond donors (Lipinski definition) is 1. The molecule has 0 spiro atoms. The van der Waals surface area contributed by atoms with Crippen LogP contribution in [0.25, 0.3) is 0 Å². The number of carbonyl (C=O) groups excluding carboxylic acids is 1. The molecule has 0 saturated carbocycles. The van der Waals surface area contributed by atoms with Crippen LogP contribution in [0.4, 0.5) is 5.69 Å². The third-order valence-corrected chi connectivity index (χ3v) is 3.52. The van der Waals surface area contributed by atoms with E-state index in [2.05, 4.69) is 0 Å². The fraction of sp³-hybridized carbons (Fsp3) is 0.417. The maximum absolute atomic E-state index is 11.9. The number of halogens is 1. The number of benzene rings is 1. The van der Waals surface area contributed by atoms with Gasteiger partial charge in [-0.3, -0.25) is 4.79 Å². The number of carbonyl (C=O) groups is 1. The van der Waals surface area contributed by atoms with Crippen molar-refractivity contribution in [3.8, 4) is 0 Å². The summed E-state index contributed by atoms with van der Waals surface area (Å²) >= 11 is 5.97. The number of rotatable bonds is 2. The molecule has 1 heterocycles. The summed E-state index contributed by atoms with van der Waals surface area (Å²) in [5.41, 5.74) is 1.92. The van der Waals surface area contributed by atoms with Crippen molar-refractivity contribution >= 4 is 23.2 Å². The van der Waals surface area contributed by atoms with E-state index in [4.69, 9.17) is 16.7 Å². The first kappa shape index (κ1) is 11.4. The molecular formula is C12H14ClNO2. The van der Waals surface area contributed by atoms with Crippen LogP contribution in [0.5, 0.6) is 0 Å². The monoisotopic (exact) mass is 239 g/mol. The van der Waals surface area contributed by atoms with Crippen LogP contribution in [0.3, 0.4) is 0 Å². The Morgan fingerprint density at radius 2 is 2.19 bits per heavy atom. The minimum absolute atomic E-state index is 0.0533. The molecule has 1 aliphatic rings. The zero-order valence-electron chi connectivity index (χ0n) is 9.06. The lowest BCUT2D eigenvalue weighted by molar-refractivity contribution is -0.117. The highest BCUT2D eigenvalue weighted by Gasteiger charge is 2.39. The van der Waals surface area contributed by atoms with E-state index in [1.807, 2.05) is 31.2 Å². The van der Waals surface area contributed by atoms with Crippen LogP contribution < -0.4 is 4.90 Å². The Kier molecular flexibility index (Phi) is 3.17. The molecule has 3 nitrogen and oxygen atoms in total. The van der Waals surface area contributed by atoms with E-state index in [9.17, 15) is 4.79 Å². The Balaban J connectivity index is 2.30. The summed E-state index contributed by atoms with van der Waals surface area (Å²) in [5, 5.41) is 8.52. The molecule has 4 heteroatoms. The fourth-order valence-electron chi connectivity index (χ4n) is 2.00. The molecule has 2 atom stereocenters. The summed E-state index contributed by atoms with van der Waals surface area (Å²) < 4.78 is 0. The van der Waals surface area contributed by atoms with E-state index in [1.165, 1.54) is 0 Å². The number of aliphatic hydroxyl groups is 1. The van der Waals surface area contributed by atoms with Gasteiger partial charge in [-0.05, 0) is 18.6 Å².